The lowest BCUT2D eigenvalue weighted by Crippen LogP contribution is -2.22. The Morgan fingerprint density at radius 2 is 1.88 bits per heavy atom. The van der Waals surface area contributed by atoms with Crippen LogP contribution in [0.4, 0.5) is 23.4 Å². The molecule has 0 aliphatic carbocycles. The molecule has 138 valence electrons. The average Bonchev–Trinajstić information content (AvgIpc) is 3.01. The number of nitrogens with one attached hydrogen (secondary N) is 1. The number of nitriles is 1. The Hall–Kier alpha value is -3.09. The summed E-state index contributed by atoms with van der Waals surface area (Å²) in [7, 11) is 0. The van der Waals surface area contributed by atoms with E-state index < -0.39 is 46.4 Å². The predicted octanol–water partition coefficient (Wildman–Crippen LogP) is 3.00. The number of hydrogen-bond acceptors (Lipinski definition) is 4. The predicted molar refractivity (Wildman–Crippen MR) is 82.8 cm³/mol. The molecule has 1 heterocycles. The minimum atomic E-state index is -1.66. The Kier molecular flexibility index (Phi) is 5.50. The van der Waals surface area contributed by atoms with E-state index >= 15 is 0 Å². The number of carbonyl (C=O) groups is 1. The number of halogens is 4. The van der Waals surface area contributed by atoms with E-state index in [1.165, 1.54) is 13.8 Å². The monoisotopic (exact) mass is 370 g/mol. The fraction of sp³-hybridized carbons (Fsp3) is 0.312. The summed E-state index contributed by atoms with van der Waals surface area (Å²) in [6.45, 7) is 2.48. The van der Waals surface area contributed by atoms with Crippen LogP contribution in [0.2, 0.25) is 0 Å². The summed E-state index contributed by atoms with van der Waals surface area (Å²) >= 11 is 0. The second-order valence-corrected chi connectivity index (χ2v) is 5.49. The summed E-state index contributed by atoms with van der Waals surface area (Å²) in [5, 5.41) is 24.1. The van der Waals surface area contributed by atoms with Gasteiger partial charge in [-0.15, -0.1) is 0 Å². The number of anilines is 1. The molecule has 6 nitrogen and oxygen atoms in total. The van der Waals surface area contributed by atoms with Crippen molar-refractivity contribution in [2.24, 2.45) is 5.92 Å². The van der Waals surface area contributed by atoms with Crippen molar-refractivity contribution in [1.29, 1.82) is 5.26 Å². The molecule has 0 saturated carbocycles. The van der Waals surface area contributed by atoms with Crippen molar-refractivity contribution in [2.45, 2.75) is 20.3 Å². The molecule has 0 fully saturated rings. The Balaban J connectivity index is 2.62. The Morgan fingerprint density at radius 3 is 2.35 bits per heavy atom. The van der Waals surface area contributed by atoms with E-state index in [2.05, 4.69) is 10.4 Å². The van der Waals surface area contributed by atoms with Gasteiger partial charge in [-0.25, -0.2) is 22.2 Å². The van der Waals surface area contributed by atoms with E-state index in [-0.39, 0.29) is 24.3 Å². The standard InChI is InChI=1S/C16H14F4N4O2/c1-3-9-10(17)12(19)14(13(20)11(9)18)24-15(8(4-21)6-23-24)22-5-7(2)16(25)26/h6-7,22H,3,5H2,1-2H3,(H,25,26). The molecule has 10 heteroatoms. The van der Waals surface area contributed by atoms with Crippen molar-refractivity contribution in [2.75, 3.05) is 11.9 Å². The highest BCUT2D eigenvalue weighted by molar-refractivity contribution is 5.70. The quantitative estimate of drug-likeness (QED) is 0.603. The molecule has 1 unspecified atom stereocenters. The average molecular weight is 370 g/mol. The highest BCUT2D eigenvalue weighted by Gasteiger charge is 2.28. The van der Waals surface area contributed by atoms with Crippen LogP contribution in [0, 0.1) is 40.5 Å². The van der Waals surface area contributed by atoms with Gasteiger partial charge in [0.15, 0.2) is 23.3 Å². The van der Waals surface area contributed by atoms with E-state index in [1.54, 1.807) is 6.07 Å². The van der Waals surface area contributed by atoms with Crippen LogP contribution in [-0.2, 0) is 11.2 Å². The van der Waals surface area contributed by atoms with Gasteiger partial charge in [-0.3, -0.25) is 4.79 Å². The maximum atomic E-state index is 14.3. The molecule has 0 amide bonds. The summed E-state index contributed by atoms with van der Waals surface area (Å²) in [5.41, 5.74) is -2.06. The fourth-order valence-corrected chi connectivity index (χ4v) is 2.27. The smallest absolute Gasteiger partial charge is 0.308 e. The molecule has 0 saturated heterocycles. The van der Waals surface area contributed by atoms with Crippen LogP contribution in [0.5, 0.6) is 0 Å². The van der Waals surface area contributed by atoms with Crippen LogP contribution in [-0.4, -0.2) is 27.4 Å². The molecule has 26 heavy (non-hydrogen) atoms. The number of nitrogens with zero attached hydrogens (tertiary/aromatic N) is 3. The van der Waals surface area contributed by atoms with Gasteiger partial charge >= 0.3 is 5.97 Å². The second kappa shape index (κ2) is 7.43. The molecule has 2 N–H and O–H groups in total. The number of carboxylic acid groups (broad SMARTS) is 1. The summed E-state index contributed by atoms with van der Waals surface area (Å²) in [4.78, 5) is 10.9. The van der Waals surface area contributed by atoms with Crippen LogP contribution in [0.15, 0.2) is 6.20 Å². The molecule has 0 spiro atoms. The zero-order chi connectivity index (χ0) is 19.6. The van der Waals surface area contributed by atoms with Crippen LogP contribution >= 0.6 is 0 Å². The molecule has 1 aromatic heterocycles. The van der Waals surface area contributed by atoms with Gasteiger partial charge < -0.3 is 10.4 Å². The molecular formula is C16H14F4N4O2. The molecular weight excluding hydrogens is 356 g/mol. The van der Waals surface area contributed by atoms with Crippen molar-refractivity contribution in [3.05, 3.63) is 40.6 Å². The van der Waals surface area contributed by atoms with E-state index in [0.29, 0.717) is 4.68 Å². The first kappa shape index (κ1) is 19.2. The van der Waals surface area contributed by atoms with Gasteiger partial charge in [0.25, 0.3) is 0 Å². The van der Waals surface area contributed by atoms with Gasteiger partial charge in [-0.2, -0.15) is 10.4 Å². The Morgan fingerprint density at radius 1 is 1.31 bits per heavy atom. The minimum absolute atomic E-state index is 0.179. The van der Waals surface area contributed by atoms with Crippen molar-refractivity contribution in [1.82, 2.24) is 9.78 Å². The number of aliphatic carboxylic acids is 1. The highest BCUT2D eigenvalue weighted by atomic mass is 19.2. The largest absolute Gasteiger partial charge is 0.481 e. The molecule has 0 bridgehead atoms. The van der Waals surface area contributed by atoms with Crippen molar-refractivity contribution >= 4 is 11.8 Å². The molecule has 0 aliphatic heterocycles. The second-order valence-electron chi connectivity index (χ2n) is 5.49. The Bertz CT molecular complexity index is 876. The molecule has 1 aromatic carbocycles. The number of carboxylic acids is 1. The van der Waals surface area contributed by atoms with Crippen molar-refractivity contribution < 1.29 is 27.5 Å². The van der Waals surface area contributed by atoms with E-state index in [0.717, 1.165) is 6.20 Å². The van der Waals surface area contributed by atoms with E-state index in [9.17, 15) is 22.4 Å². The molecule has 1 atom stereocenters. The van der Waals surface area contributed by atoms with Crippen LogP contribution in [0.1, 0.15) is 25.0 Å². The van der Waals surface area contributed by atoms with Crippen LogP contribution in [0.25, 0.3) is 5.69 Å². The maximum absolute atomic E-state index is 14.3. The zero-order valence-electron chi connectivity index (χ0n) is 13.8. The van der Waals surface area contributed by atoms with Crippen molar-refractivity contribution in [3.63, 3.8) is 0 Å². The SMILES string of the molecule is CCc1c(F)c(F)c(-n2ncc(C#N)c2NCC(C)C(=O)O)c(F)c1F. The van der Waals surface area contributed by atoms with Crippen molar-refractivity contribution in [3.8, 4) is 11.8 Å². The summed E-state index contributed by atoms with van der Waals surface area (Å²) in [5.74, 6) is -8.77. The number of rotatable bonds is 6. The summed E-state index contributed by atoms with van der Waals surface area (Å²) in [6, 6.07) is 1.70. The lowest BCUT2D eigenvalue weighted by molar-refractivity contribution is -0.140. The third-order valence-electron chi connectivity index (χ3n) is 3.78. The Labute approximate surface area is 145 Å². The first-order chi connectivity index (χ1) is 12.2. The third kappa shape index (κ3) is 3.20. The van der Waals surface area contributed by atoms with Gasteiger partial charge in [0, 0.05) is 12.1 Å². The third-order valence-corrected chi connectivity index (χ3v) is 3.78. The fourth-order valence-electron chi connectivity index (χ4n) is 2.27. The molecule has 0 aliphatic rings. The summed E-state index contributed by atoms with van der Waals surface area (Å²) < 4.78 is 57.3. The number of hydrogen-bond donors (Lipinski definition) is 2. The van der Waals surface area contributed by atoms with Gasteiger partial charge in [-0.1, -0.05) is 13.8 Å². The zero-order valence-corrected chi connectivity index (χ0v) is 13.8. The molecule has 2 aromatic rings. The van der Waals surface area contributed by atoms with Gasteiger partial charge in [0.2, 0.25) is 0 Å². The van der Waals surface area contributed by atoms with E-state index in [1.807, 2.05) is 0 Å². The van der Waals surface area contributed by atoms with Gasteiger partial charge in [0.1, 0.15) is 23.1 Å². The van der Waals surface area contributed by atoms with Crippen LogP contribution < -0.4 is 5.32 Å². The highest BCUT2D eigenvalue weighted by Crippen LogP contribution is 2.30. The first-order valence-electron chi connectivity index (χ1n) is 7.54. The molecule has 2 rings (SSSR count). The number of benzene rings is 1. The van der Waals surface area contributed by atoms with Gasteiger partial charge in [-0.05, 0) is 6.42 Å². The maximum Gasteiger partial charge on any atom is 0.308 e. The lowest BCUT2D eigenvalue weighted by Gasteiger charge is -2.15. The molecule has 0 radical (unpaired) electrons. The summed E-state index contributed by atoms with van der Waals surface area (Å²) in [6.07, 6.45) is 0.672. The normalized spacial score (nSPS) is 11.9. The number of aromatic nitrogens is 2. The van der Waals surface area contributed by atoms with E-state index in [4.69, 9.17) is 10.4 Å². The van der Waals surface area contributed by atoms with Gasteiger partial charge in [0.05, 0.1) is 12.1 Å². The minimum Gasteiger partial charge on any atom is -0.481 e. The topological polar surface area (TPSA) is 90.9 Å². The first-order valence-corrected chi connectivity index (χ1v) is 7.54. The lowest BCUT2D eigenvalue weighted by atomic mass is 10.1. The van der Waals surface area contributed by atoms with Crippen LogP contribution in [0.3, 0.4) is 0 Å².